The van der Waals surface area contributed by atoms with Crippen molar-refractivity contribution >= 4 is 0 Å². The Bertz CT molecular complexity index is 12.9. The number of rotatable bonds is 0. The molecule has 0 aromatic rings. The average Bonchev–Trinajstić information content (AvgIpc) is 1.81. The van der Waals surface area contributed by atoms with E-state index in [-0.39, 0.29) is 119 Å². The van der Waals surface area contributed by atoms with Crippen molar-refractivity contribution in [2.45, 2.75) is 0 Å². The molecule has 0 fully saturated rings. The van der Waals surface area contributed by atoms with Gasteiger partial charge in [0.2, 0.25) is 0 Å². The zero-order valence-corrected chi connectivity index (χ0v) is 12.9. The van der Waals surface area contributed by atoms with E-state index in [1.165, 1.54) is 0 Å². The monoisotopic (exact) mass is 494 g/mol. The van der Waals surface area contributed by atoms with Gasteiger partial charge >= 0.3 is 0 Å². The summed E-state index contributed by atoms with van der Waals surface area (Å²) >= 11 is 0. The van der Waals surface area contributed by atoms with E-state index < -0.39 is 0 Å². The van der Waals surface area contributed by atoms with E-state index in [4.69, 9.17) is 31.5 Å². The van der Waals surface area contributed by atoms with Gasteiger partial charge in [-0.2, -0.15) is 0 Å². The normalized spacial score (nSPS) is 1.38. The molecule has 0 unspecified atom stereocenters. The molecule has 0 atom stereocenters. The van der Waals surface area contributed by atoms with E-state index >= 15 is 0 Å². The summed E-state index contributed by atoms with van der Waals surface area (Å²) in [4.78, 5) is 0. The maximum atomic E-state index is 6.00. The maximum absolute atomic E-state index is 6.00. The van der Waals surface area contributed by atoms with Gasteiger partial charge in [0.25, 0.3) is 0 Å². The van der Waals surface area contributed by atoms with E-state index in [0.717, 1.165) is 0 Å². The van der Waals surface area contributed by atoms with Crippen LogP contribution in [0.4, 0.5) is 0 Å². The molecule has 0 aromatic carbocycles. The minimum Gasteiger partial charge on any atom is -0.255 e. The van der Waals surface area contributed by atoms with Crippen LogP contribution in [-0.4, -0.2) is 31.5 Å². The molecule has 0 aromatic heterocycles. The maximum Gasteiger partial charge on any atom is 0 e. The predicted molar refractivity (Wildman–Crippen MR) is 15.8 cm³/mol. The van der Waals surface area contributed by atoms with E-state index in [2.05, 4.69) is 0 Å². The van der Waals surface area contributed by atoms with Crippen LogP contribution in [0.5, 0.6) is 0 Å². The van der Waals surface area contributed by atoms with Gasteiger partial charge in [0.1, 0.15) is 0 Å². The van der Waals surface area contributed by atoms with Gasteiger partial charge in [0.15, 0.2) is 0 Å². The second-order valence-electron chi connectivity index (χ2n) is 0. The van der Waals surface area contributed by atoms with Gasteiger partial charge in [0, 0.05) is 119 Å². The first-order chi connectivity index (χ1) is 3.00. The molecular weight excluding hydrogens is 487 g/mol. The van der Waals surface area contributed by atoms with Crippen molar-refractivity contribution < 1.29 is 151 Å². The molecule has 6 nitrogen and oxygen atoms in total. The van der Waals surface area contributed by atoms with Crippen LogP contribution >= 0.6 is 0 Å². The van der Waals surface area contributed by atoms with Gasteiger partial charge in [-0.25, -0.2) is 0 Å². The van der Waals surface area contributed by atoms with Gasteiger partial charge in [-0.1, -0.05) is 0 Å². The largest absolute Gasteiger partial charge is 0.255 e. The quantitative estimate of drug-likeness (QED) is 0.161. The van der Waals surface area contributed by atoms with Crippen molar-refractivity contribution in [2.24, 2.45) is 0 Å². The van der Waals surface area contributed by atoms with Crippen molar-refractivity contribution in [3.05, 3.63) is 0 Å². The third-order valence-electron chi connectivity index (χ3n) is 0. The summed E-state index contributed by atoms with van der Waals surface area (Å²) < 4.78 is 0. The Morgan fingerprint density at radius 1 is 0.231 bits per heavy atom. The standard InChI is InChI=1S/7Fe.3H2O2/c;;;;;;;3*1-2/h;;;;;;;3*1-2H. The molecule has 0 spiro atoms. The Kier molecular flexibility index (Phi) is 2020. The van der Waals surface area contributed by atoms with Crippen LogP contribution in [0.15, 0.2) is 0 Å². The van der Waals surface area contributed by atoms with Gasteiger partial charge in [0.05, 0.1) is 0 Å². The van der Waals surface area contributed by atoms with E-state index in [9.17, 15) is 0 Å². The Morgan fingerprint density at radius 3 is 0.231 bits per heavy atom. The van der Waals surface area contributed by atoms with Gasteiger partial charge in [-0.3, -0.25) is 31.5 Å². The third kappa shape index (κ3) is 240. The molecule has 0 saturated heterocycles. The van der Waals surface area contributed by atoms with Crippen molar-refractivity contribution in [2.75, 3.05) is 0 Å². The Balaban J connectivity index is -0.00000000102. The smallest absolute Gasteiger partial charge is 0 e. The molecule has 0 aliphatic heterocycles. The number of hydrogen-bond donors (Lipinski definition) is 6. The Morgan fingerprint density at radius 2 is 0.231 bits per heavy atom. The van der Waals surface area contributed by atoms with E-state index in [0.29, 0.717) is 0 Å². The first kappa shape index (κ1) is 95.0. The van der Waals surface area contributed by atoms with Crippen LogP contribution in [0, 0.1) is 0 Å². The predicted octanol–water partition coefficient (Wildman–Crippen LogP) is 0.0347. The van der Waals surface area contributed by atoms with Crippen LogP contribution in [0.1, 0.15) is 0 Å². The molecular formula is H6Fe7O6. The fraction of sp³-hybridized carbons (Fsp3) is 0. The molecule has 0 bridgehead atoms. The van der Waals surface area contributed by atoms with E-state index in [1.54, 1.807) is 0 Å². The summed E-state index contributed by atoms with van der Waals surface area (Å²) in [5, 5.41) is 36.0. The summed E-state index contributed by atoms with van der Waals surface area (Å²) in [5.41, 5.74) is 0. The van der Waals surface area contributed by atoms with Crippen molar-refractivity contribution in [3.8, 4) is 0 Å². The van der Waals surface area contributed by atoms with Crippen LogP contribution in [0.25, 0.3) is 0 Å². The second-order valence-corrected chi connectivity index (χ2v) is 0. The minimum atomic E-state index is 0. The SMILES string of the molecule is OO.OO.OO.[Fe].[Fe].[Fe].[Fe].[Fe].[Fe].[Fe]. The summed E-state index contributed by atoms with van der Waals surface area (Å²) in [6.07, 6.45) is 0. The van der Waals surface area contributed by atoms with Crippen molar-refractivity contribution in [1.29, 1.82) is 0 Å². The molecule has 0 heterocycles. The molecule has 0 aliphatic rings. The van der Waals surface area contributed by atoms with Crippen LogP contribution in [0.2, 0.25) is 0 Å². The molecule has 13 heteroatoms. The molecule has 98 valence electrons. The van der Waals surface area contributed by atoms with Crippen molar-refractivity contribution in [3.63, 3.8) is 0 Å². The summed E-state index contributed by atoms with van der Waals surface area (Å²) in [6, 6.07) is 0. The van der Waals surface area contributed by atoms with Crippen LogP contribution in [0.3, 0.4) is 0 Å². The van der Waals surface area contributed by atoms with Gasteiger partial charge in [-0.15, -0.1) is 0 Å². The molecule has 6 N–H and O–H groups in total. The Labute approximate surface area is 149 Å². The zero-order chi connectivity index (χ0) is 6.00. The van der Waals surface area contributed by atoms with Gasteiger partial charge < -0.3 is 0 Å². The molecule has 13 heavy (non-hydrogen) atoms. The third-order valence-corrected chi connectivity index (χ3v) is 0. The zero-order valence-electron chi connectivity index (χ0n) is 5.16. The van der Waals surface area contributed by atoms with Crippen molar-refractivity contribution in [1.82, 2.24) is 0 Å². The average molecular weight is 493 g/mol. The summed E-state index contributed by atoms with van der Waals surface area (Å²) in [6.45, 7) is 0. The molecule has 0 saturated carbocycles. The topological polar surface area (TPSA) is 121 Å². The summed E-state index contributed by atoms with van der Waals surface area (Å²) in [7, 11) is 0. The molecule has 0 amide bonds. The first-order valence-electron chi connectivity index (χ1n) is 0.600. The first-order valence-corrected chi connectivity index (χ1v) is 0.600. The molecule has 0 radical (unpaired) electrons. The van der Waals surface area contributed by atoms with Crippen LogP contribution < -0.4 is 0 Å². The minimum absolute atomic E-state index is 0. The van der Waals surface area contributed by atoms with Gasteiger partial charge in [-0.05, 0) is 0 Å². The fourth-order valence-corrected chi connectivity index (χ4v) is 0. The fourth-order valence-electron chi connectivity index (χ4n) is 0. The number of hydrogen-bond acceptors (Lipinski definition) is 6. The van der Waals surface area contributed by atoms with Crippen LogP contribution in [-0.2, 0) is 119 Å². The summed E-state index contributed by atoms with van der Waals surface area (Å²) in [5.74, 6) is 0. The van der Waals surface area contributed by atoms with E-state index in [1.807, 2.05) is 0 Å². The molecule has 0 rings (SSSR count). The Hall–Kier alpha value is 3.40. The second kappa shape index (κ2) is 277. The molecule has 0 aliphatic carbocycles.